The van der Waals surface area contributed by atoms with Gasteiger partial charge in [-0.05, 0) is 26.0 Å². The molecule has 0 bridgehead atoms. The first-order valence-corrected chi connectivity index (χ1v) is 6.03. The summed E-state index contributed by atoms with van der Waals surface area (Å²) in [5, 5.41) is -0.226. The van der Waals surface area contributed by atoms with Crippen molar-refractivity contribution in [2.24, 2.45) is 0 Å². The average molecular weight is 240 g/mol. The zero-order valence-corrected chi connectivity index (χ0v) is 10.5. The van der Waals surface area contributed by atoms with Crippen LogP contribution in [0.1, 0.15) is 13.8 Å². The molecule has 0 radical (unpaired) electrons. The highest BCUT2D eigenvalue weighted by molar-refractivity contribution is 8.00. The van der Waals surface area contributed by atoms with Crippen LogP contribution in [0.5, 0.6) is 5.75 Å². The van der Waals surface area contributed by atoms with Crippen molar-refractivity contribution >= 4 is 17.7 Å². The lowest BCUT2D eigenvalue weighted by molar-refractivity contribution is -0.142. The molecule has 0 saturated heterocycles. The Morgan fingerprint density at radius 3 is 2.75 bits per heavy atom. The van der Waals surface area contributed by atoms with E-state index in [2.05, 4.69) is 0 Å². The second-order valence-corrected chi connectivity index (χ2v) is 4.55. The molecule has 0 fully saturated rings. The number of hydrogen-bond donors (Lipinski definition) is 0. The van der Waals surface area contributed by atoms with Gasteiger partial charge in [-0.3, -0.25) is 4.79 Å². The molecule has 0 spiro atoms. The molecule has 0 aliphatic carbocycles. The van der Waals surface area contributed by atoms with E-state index in [1.807, 2.05) is 31.2 Å². The molecule has 0 heterocycles. The van der Waals surface area contributed by atoms with Crippen molar-refractivity contribution < 1.29 is 14.3 Å². The second kappa shape index (κ2) is 6.43. The number of hydrogen-bond acceptors (Lipinski definition) is 4. The number of esters is 1. The first kappa shape index (κ1) is 12.9. The maximum Gasteiger partial charge on any atom is 0.319 e. The lowest BCUT2D eigenvalue weighted by Crippen LogP contribution is -2.16. The molecule has 4 heteroatoms. The van der Waals surface area contributed by atoms with Crippen molar-refractivity contribution in [3.05, 3.63) is 24.3 Å². The highest BCUT2D eigenvalue weighted by atomic mass is 32.2. The van der Waals surface area contributed by atoms with E-state index in [9.17, 15) is 4.79 Å². The Kier molecular flexibility index (Phi) is 5.19. The number of benzene rings is 1. The van der Waals surface area contributed by atoms with E-state index < -0.39 is 0 Å². The summed E-state index contributed by atoms with van der Waals surface area (Å²) in [7, 11) is 1.62. The Balaban J connectivity index is 2.68. The van der Waals surface area contributed by atoms with Gasteiger partial charge in [-0.15, -0.1) is 11.8 Å². The number of para-hydroxylation sites is 1. The van der Waals surface area contributed by atoms with Crippen LogP contribution in [0.25, 0.3) is 0 Å². The Morgan fingerprint density at radius 2 is 2.12 bits per heavy atom. The van der Waals surface area contributed by atoms with Crippen molar-refractivity contribution in [1.29, 1.82) is 0 Å². The minimum atomic E-state index is -0.226. The molecule has 0 aliphatic heterocycles. The highest BCUT2D eigenvalue weighted by Gasteiger charge is 2.17. The molecule has 16 heavy (non-hydrogen) atoms. The first-order chi connectivity index (χ1) is 7.69. The summed E-state index contributed by atoms with van der Waals surface area (Å²) >= 11 is 1.44. The van der Waals surface area contributed by atoms with E-state index in [1.165, 1.54) is 11.8 Å². The Morgan fingerprint density at radius 1 is 1.44 bits per heavy atom. The Bertz CT molecular complexity index is 352. The fourth-order valence-electron chi connectivity index (χ4n) is 1.21. The van der Waals surface area contributed by atoms with Gasteiger partial charge in [-0.1, -0.05) is 12.1 Å². The molecule has 0 saturated carbocycles. The van der Waals surface area contributed by atoms with Crippen LogP contribution in [0, 0.1) is 0 Å². The largest absolute Gasteiger partial charge is 0.496 e. The third-order valence-electron chi connectivity index (χ3n) is 1.99. The van der Waals surface area contributed by atoms with Gasteiger partial charge in [0.1, 0.15) is 11.0 Å². The van der Waals surface area contributed by atoms with Crippen LogP contribution in [-0.4, -0.2) is 24.9 Å². The molecule has 0 aliphatic rings. The van der Waals surface area contributed by atoms with Gasteiger partial charge in [0, 0.05) is 0 Å². The van der Waals surface area contributed by atoms with Crippen molar-refractivity contribution in [2.75, 3.05) is 13.7 Å². The molecule has 0 amide bonds. The maximum absolute atomic E-state index is 11.5. The topological polar surface area (TPSA) is 35.5 Å². The predicted octanol–water partition coefficient (Wildman–Crippen LogP) is 2.74. The molecule has 88 valence electrons. The summed E-state index contributed by atoms with van der Waals surface area (Å²) in [5.41, 5.74) is 0. The molecular weight excluding hydrogens is 224 g/mol. The van der Waals surface area contributed by atoms with Crippen molar-refractivity contribution in [1.82, 2.24) is 0 Å². The van der Waals surface area contributed by atoms with Crippen molar-refractivity contribution in [3.8, 4) is 5.75 Å². The Labute approximate surface area is 100 Å². The van der Waals surface area contributed by atoms with Gasteiger partial charge >= 0.3 is 5.97 Å². The molecule has 3 nitrogen and oxygen atoms in total. The van der Waals surface area contributed by atoms with Crippen LogP contribution in [0.15, 0.2) is 29.2 Å². The number of carbonyl (C=O) groups excluding carboxylic acids is 1. The van der Waals surface area contributed by atoms with Gasteiger partial charge in [0.2, 0.25) is 0 Å². The molecule has 1 aromatic carbocycles. The minimum absolute atomic E-state index is 0.196. The standard InChI is InChI=1S/C12H16O3S/c1-4-15-12(13)9(2)16-11-8-6-5-7-10(11)14-3/h5-9H,4H2,1-3H3. The summed E-state index contributed by atoms with van der Waals surface area (Å²) in [5.74, 6) is 0.585. The zero-order valence-electron chi connectivity index (χ0n) is 9.73. The normalized spacial score (nSPS) is 11.9. The lowest BCUT2D eigenvalue weighted by Gasteiger charge is -2.12. The predicted molar refractivity (Wildman–Crippen MR) is 64.9 cm³/mol. The summed E-state index contributed by atoms with van der Waals surface area (Å²) in [4.78, 5) is 12.4. The first-order valence-electron chi connectivity index (χ1n) is 5.15. The van der Waals surface area contributed by atoms with Crippen molar-refractivity contribution in [2.45, 2.75) is 24.0 Å². The van der Waals surface area contributed by atoms with Gasteiger partial charge in [0.15, 0.2) is 0 Å². The quantitative estimate of drug-likeness (QED) is 0.585. The number of carbonyl (C=O) groups is 1. The van der Waals surface area contributed by atoms with Crippen LogP contribution >= 0.6 is 11.8 Å². The summed E-state index contributed by atoms with van der Waals surface area (Å²) in [6.45, 7) is 4.04. The van der Waals surface area contributed by atoms with E-state index in [0.29, 0.717) is 6.61 Å². The number of methoxy groups -OCH3 is 1. The zero-order chi connectivity index (χ0) is 12.0. The van der Waals surface area contributed by atoms with Crippen LogP contribution in [-0.2, 0) is 9.53 Å². The van der Waals surface area contributed by atoms with Crippen LogP contribution in [0.3, 0.4) is 0 Å². The average Bonchev–Trinajstić information content (AvgIpc) is 2.30. The molecule has 1 aromatic rings. The van der Waals surface area contributed by atoms with Gasteiger partial charge in [0.25, 0.3) is 0 Å². The SMILES string of the molecule is CCOC(=O)C(C)Sc1ccccc1OC. The van der Waals surface area contributed by atoms with Gasteiger partial charge in [0.05, 0.1) is 18.6 Å². The summed E-state index contributed by atoms with van der Waals surface area (Å²) < 4.78 is 10.2. The lowest BCUT2D eigenvalue weighted by atomic mass is 10.3. The maximum atomic E-state index is 11.5. The molecular formula is C12H16O3S. The summed E-state index contributed by atoms with van der Waals surface area (Å²) in [6.07, 6.45) is 0. The second-order valence-electron chi connectivity index (χ2n) is 3.16. The number of thioether (sulfide) groups is 1. The van der Waals surface area contributed by atoms with Crippen LogP contribution < -0.4 is 4.74 Å². The highest BCUT2D eigenvalue weighted by Crippen LogP contribution is 2.32. The molecule has 1 unspecified atom stereocenters. The van der Waals surface area contributed by atoms with E-state index in [1.54, 1.807) is 14.0 Å². The number of rotatable bonds is 5. The van der Waals surface area contributed by atoms with E-state index in [-0.39, 0.29) is 11.2 Å². The van der Waals surface area contributed by atoms with Gasteiger partial charge < -0.3 is 9.47 Å². The van der Waals surface area contributed by atoms with Crippen molar-refractivity contribution in [3.63, 3.8) is 0 Å². The smallest absolute Gasteiger partial charge is 0.319 e. The molecule has 1 rings (SSSR count). The Hall–Kier alpha value is -1.16. The van der Waals surface area contributed by atoms with Crippen LogP contribution in [0.4, 0.5) is 0 Å². The third-order valence-corrected chi connectivity index (χ3v) is 3.13. The van der Waals surface area contributed by atoms with Gasteiger partial charge in [-0.25, -0.2) is 0 Å². The van der Waals surface area contributed by atoms with E-state index in [0.717, 1.165) is 10.6 Å². The minimum Gasteiger partial charge on any atom is -0.496 e. The molecule has 1 atom stereocenters. The fourth-order valence-corrected chi connectivity index (χ4v) is 2.18. The fraction of sp³-hybridized carbons (Fsp3) is 0.417. The molecule has 0 N–H and O–H groups in total. The number of ether oxygens (including phenoxy) is 2. The molecule has 0 aromatic heterocycles. The third kappa shape index (κ3) is 3.45. The van der Waals surface area contributed by atoms with E-state index >= 15 is 0 Å². The van der Waals surface area contributed by atoms with E-state index in [4.69, 9.17) is 9.47 Å². The monoisotopic (exact) mass is 240 g/mol. The van der Waals surface area contributed by atoms with Gasteiger partial charge in [-0.2, -0.15) is 0 Å². The van der Waals surface area contributed by atoms with Crippen LogP contribution in [0.2, 0.25) is 0 Å². The summed E-state index contributed by atoms with van der Waals surface area (Å²) in [6, 6.07) is 7.63.